The molecule has 19 heavy (non-hydrogen) atoms. The predicted octanol–water partition coefficient (Wildman–Crippen LogP) is 2.93. The lowest BCUT2D eigenvalue weighted by Gasteiger charge is -2.35. The summed E-state index contributed by atoms with van der Waals surface area (Å²) in [7, 11) is 1.83. The Bertz CT molecular complexity index is 455. The fourth-order valence-electron chi connectivity index (χ4n) is 2.99. The van der Waals surface area contributed by atoms with Crippen LogP contribution in [0.2, 0.25) is 0 Å². The Balaban J connectivity index is 2.22. The molecule has 0 heterocycles. The van der Waals surface area contributed by atoms with Crippen molar-refractivity contribution >= 4 is 11.6 Å². The molecule has 3 nitrogen and oxygen atoms in total. The minimum atomic E-state index is -0.662. The number of aryl methyl sites for hydroxylation is 2. The second kappa shape index (κ2) is 5.33. The van der Waals surface area contributed by atoms with E-state index in [9.17, 15) is 4.79 Å². The van der Waals surface area contributed by atoms with E-state index >= 15 is 0 Å². The summed E-state index contributed by atoms with van der Waals surface area (Å²) in [6, 6.07) is 6.19. The van der Waals surface area contributed by atoms with Crippen LogP contribution < -0.4 is 10.6 Å². The zero-order chi connectivity index (χ0) is 14.0. The Kier molecular flexibility index (Phi) is 3.95. The number of likely N-dealkylation sites (N-methyl/N-ethyl adjacent to an activating group) is 1. The van der Waals surface area contributed by atoms with Gasteiger partial charge in [0, 0.05) is 12.7 Å². The maximum absolute atomic E-state index is 12.6. The summed E-state index contributed by atoms with van der Waals surface area (Å²) in [4.78, 5) is 14.4. The van der Waals surface area contributed by atoms with E-state index in [-0.39, 0.29) is 5.91 Å². The maximum Gasteiger partial charge on any atom is 0.246 e. The molecule has 1 fully saturated rings. The van der Waals surface area contributed by atoms with Gasteiger partial charge in [0.2, 0.25) is 5.91 Å². The lowest BCUT2D eigenvalue weighted by Crippen LogP contribution is -2.55. The normalized spacial score (nSPS) is 18.1. The summed E-state index contributed by atoms with van der Waals surface area (Å²) in [6.45, 7) is 4.10. The highest BCUT2D eigenvalue weighted by molar-refractivity contribution is 5.99. The van der Waals surface area contributed by atoms with Crippen molar-refractivity contribution in [1.82, 2.24) is 0 Å². The van der Waals surface area contributed by atoms with Gasteiger partial charge in [-0.25, -0.2) is 0 Å². The van der Waals surface area contributed by atoms with Gasteiger partial charge in [0.15, 0.2) is 0 Å². The fourth-order valence-corrected chi connectivity index (χ4v) is 2.99. The lowest BCUT2D eigenvalue weighted by molar-refractivity contribution is -0.124. The third-order valence-electron chi connectivity index (χ3n) is 4.07. The summed E-state index contributed by atoms with van der Waals surface area (Å²) < 4.78 is 0. The Labute approximate surface area is 115 Å². The van der Waals surface area contributed by atoms with Gasteiger partial charge in [-0.05, 0) is 49.9 Å². The molecular formula is C16H24N2O. The molecule has 0 radical (unpaired) electrons. The predicted molar refractivity (Wildman–Crippen MR) is 79.3 cm³/mol. The van der Waals surface area contributed by atoms with E-state index < -0.39 is 5.54 Å². The summed E-state index contributed by atoms with van der Waals surface area (Å²) in [6.07, 6.45) is 4.92. The van der Waals surface area contributed by atoms with Crippen LogP contribution in [-0.4, -0.2) is 18.5 Å². The minimum absolute atomic E-state index is 0.0530. The second-order valence-corrected chi connectivity index (χ2v) is 5.93. The van der Waals surface area contributed by atoms with Crippen LogP contribution in [0.25, 0.3) is 0 Å². The average Bonchev–Trinajstić information content (AvgIpc) is 2.36. The highest BCUT2D eigenvalue weighted by Crippen LogP contribution is 2.29. The van der Waals surface area contributed by atoms with Crippen molar-refractivity contribution in [3.05, 3.63) is 29.3 Å². The highest BCUT2D eigenvalue weighted by Gasteiger charge is 2.37. The number of nitrogens with zero attached hydrogens (tertiary/aromatic N) is 1. The third-order valence-corrected chi connectivity index (χ3v) is 4.07. The van der Waals surface area contributed by atoms with Gasteiger partial charge < -0.3 is 10.6 Å². The molecule has 1 aromatic rings. The van der Waals surface area contributed by atoms with E-state index in [1.54, 1.807) is 4.90 Å². The van der Waals surface area contributed by atoms with Crippen LogP contribution in [0.1, 0.15) is 43.2 Å². The number of amides is 1. The highest BCUT2D eigenvalue weighted by atomic mass is 16.2. The molecule has 0 bridgehead atoms. The number of hydrogen-bond acceptors (Lipinski definition) is 2. The van der Waals surface area contributed by atoms with Crippen LogP contribution in [0.3, 0.4) is 0 Å². The zero-order valence-corrected chi connectivity index (χ0v) is 12.2. The summed E-state index contributed by atoms with van der Waals surface area (Å²) in [5.74, 6) is 0.0530. The molecule has 3 heteroatoms. The number of rotatable bonds is 2. The molecule has 0 atom stereocenters. The van der Waals surface area contributed by atoms with Crippen LogP contribution in [0.4, 0.5) is 5.69 Å². The van der Waals surface area contributed by atoms with Crippen molar-refractivity contribution in [3.63, 3.8) is 0 Å². The molecule has 0 aliphatic heterocycles. The Hall–Kier alpha value is -1.35. The molecule has 2 rings (SSSR count). The van der Waals surface area contributed by atoms with Crippen LogP contribution in [0, 0.1) is 13.8 Å². The minimum Gasteiger partial charge on any atom is -0.317 e. The monoisotopic (exact) mass is 260 g/mol. The second-order valence-electron chi connectivity index (χ2n) is 5.93. The number of carbonyl (C=O) groups is 1. The van der Waals surface area contributed by atoms with E-state index in [0.717, 1.165) is 31.4 Å². The van der Waals surface area contributed by atoms with Gasteiger partial charge in [0.05, 0.1) is 5.54 Å². The molecule has 1 amide bonds. The SMILES string of the molecule is Cc1cc(C)cc(N(C)C(=O)C2(N)CCCCC2)c1. The van der Waals surface area contributed by atoms with Crippen molar-refractivity contribution in [2.75, 3.05) is 11.9 Å². The quantitative estimate of drug-likeness (QED) is 0.888. The third kappa shape index (κ3) is 2.98. The molecule has 0 unspecified atom stereocenters. The van der Waals surface area contributed by atoms with E-state index in [1.165, 1.54) is 17.5 Å². The van der Waals surface area contributed by atoms with Crippen LogP contribution >= 0.6 is 0 Å². The van der Waals surface area contributed by atoms with Crippen molar-refractivity contribution in [1.29, 1.82) is 0 Å². The number of carbonyl (C=O) groups excluding carboxylic acids is 1. The molecule has 1 aliphatic carbocycles. The van der Waals surface area contributed by atoms with Gasteiger partial charge in [-0.15, -0.1) is 0 Å². The molecular weight excluding hydrogens is 236 g/mol. The average molecular weight is 260 g/mol. The topological polar surface area (TPSA) is 46.3 Å². The molecule has 1 aliphatic rings. The Morgan fingerprint density at radius 1 is 1.11 bits per heavy atom. The number of anilines is 1. The molecule has 104 valence electrons. The van der Waals surface area contributed by atoms with E-state index in [4.69, 9.17) is 5.73 Å². The van der Waals surface area contributed by atoms with Crippen molar-refractivity contribution in [2.24, 2.45) is 5.73 Å². The van der Waals surface area contributed by atoms with Crippen molar-refractivity contribution in [3.8, 4) is 0 Å². The molecule has 0 saturated heterocycles. The standard InChI is InChI=1S/C16H24N2O/c1-12-9-13(2)11-14(10-12)18(3)15(19)16(17)7-5-4-6-8-16/h9-11H,4-8,17H2,1-3H3. The Morgan fingerprint density at radius 2 is 1.63 bits per heavy atom. The molecule has 2 N–H and O–H groups in total. The molecule has 1 aromatic carbocycles. The maximum atomic E-state index is 12.6. The summed E-state index contributed by atoms with van der Waals surface area (Å²) >= 11 is 0. The first-order valence-corrected chi connectivity index (χ1v) is 7.08. The van der Waals surface area contributed by atoms with E-state index in [0.29, 0.717) is 0 Å². The molecule has 1 saturated carbocycles. The Morgan fingerprint density at radius 3 is 2.16 bits per heavy atom. The van der Waals surface area contributed by atoms with Crippen molar-refractivity contribution in [2.45, 2.75) is 51.5 Å². The van der Waals surface area contributed by atoms with Crippen molar-refractivity contribution < 1.29 is 4.79 Å². The van der Waals surface area contributed by atoms with Gasteiger partial charge in [-0.3, -0.25) is 4.79 Å². The van der Waals surface area contributed by atoms with Crippen LogP contribution in [-0.2, 0) is 4.79 Å². The van der Waals surface area contributed by atoms with Crippen LogP contribution in [0.5, 0.6) is 0 Å². The summed E-state index contributed by atoms with van der Waals surface area (Å²) in [5, 5.41) is 0. The van der Waals surface area contributed by atoms with E-state index in [2.05, 4.69) is 6.07 Å². The smallest absolute Gasteiger partial charge is 0.246 e. The van der Waals surface area contributed by atoms with Crippen LogP contribution in [0.15, 0.2) is 18.2 Å². The van der Waals surface area contributed by atoms with Gasteiger partial charge in [0.25, 0.3) is 0 Å². The number of nitrogens with two attached hydrogens (primary N) is 1. The van der Waals surface area contributed by atoms with Gasteiger partial charge in [-0.2, -0.15) is 0 Å². The zero-order valence-electron chi connectivity index (χ0n) is 12.2. The molecule has 0 spiro atoms. The number of benzene rings is 1. The molecule has 0 aromatic heterocycles. The first-order chi connectivity index (χ1) is 8.92. The van der Waals surface area contributed by atoms with E-state index in [1.807, 2.05) is 33.0 Å². The van der Waals surface area contributed by atoms with Gasteiger partial charge >= 0.3 is 0 Å². The first kappa shape index (κ1) is 14.1. The largest absolute Gasteiger partial charge is 0.317 e. The summed E-state index contributed by atoms with van der Waals surface area (Å²) in [5.41, 5.74) is 8.95. The lowest BCUT2D eigenvalue weighted by atomic mass is 9.81. The van der Waals surface area contributed by atoms with Gasteiger partial charge in [-0.1, -0.05) is 25.3 Å². The fraction of sp³-hybridized carbons (Fsp3) is 0.562. The first-order valence-electron chi connectivity index (χ1n) is 7.08. The van der Waals surface area contributed by atoms with Gasteiger partial charge in [0.1, 0.15) is 0 Å². The number of hydrogen-bond donors (Lipinski definition) is 1.